The summed E-state index contributed by atoms with van der Waals surface area (Å²) in [7, 11) is 0. The molecule has 1 heterocycles. The van der Waals surface area contributed by atoms with Gasteiger partial charge >= 0.3 is 0 Å². The molecule has 0 radical (unpaired) electrons. The van der Waals surface area contributed by atoms with E-state index in [1.54, 1.807) is 29.5 Å². The molecule has 108 valence electrons. The summed E-state index contributed by atoms with van der Waals surface area (Å²) < 4.78 is 6.05. The second kappa shape index (κ2) is 6.81. The Balaban J connectivity index is 2.30. The van der Waals surface area contributed by atoms with Gasteiger partial charge in [-0.25, -0.2) is 0 Å². The van der Waals surface area contributed by atoms with Crippen LogP contribution in [0.15, 0.2) is 30.3 Å². The standard InChI is InChI=1S/C15H17Cl2NOS/c1-3-12(18)15(14-7-4-9(2)20-14)19-13-8-10(16)5-6-11(13)17/h4-8,12,15H,3,18H2,1-2H3. The van der Waals surface area contributed by atoms with Gasteiger partial charge in [0.2, 0.25) is 0 Å². The van der Waals surface area contributed by atoms with Gasteiger partial charge in [-0.2, -0.15) is 0 Å². The fourth-order valence-corrected chi connectivity index (χ4v) is 3.19. The highest BCUT2D eigenvalue weighted by Gasteiger charge is 2.23. The molecule has 1 aromatic heterocycles. The predicted octanol–water partition coefficient (Wildman–Crippen LogP) is 5.22. The highest BCUT2D eigenvalue weighted by atomic mass is 35.5. The van der Waals surface area contributed by atoms with E-state index in [1.807, 2.05) is 6.92 Å². The summed E-state index contributed by atoms with van der Waals surface area (Å²) in [5.74, 6) is 0.569. The summed E-state index contributed by atoms with van der Waals surface area (Å²) >= 11 is 13.8. The number of hydrogen-bond donors (Lipinski definition) is 1. The lowest BCUT2D eigenvalue weighted by molar-refractivity contribution is 0.175. The van der Waals surface area contributed by atoms with Crippen molar-refractivity contribution in [2.45, 2.75) is 32.4 Å². The predicted molar refractivity (Wildman–Crippen MR) is 87.2 cm³/mol. The van der Waals surface area contributed by atoms with Gasteiger partial charge in [-0.15, -0.1) is 11.3 Å². The van der Waals surface area contributed by atoms with Crippen molar-refractivity contribution in [3.05, 3.63) is 50.1 Å². The second-order valence-corrected chi connectivity index (χ2v) is 6.80. The fraction of sp³-hybridized carbons (Fsp3) is 0.333. The molecule has 1 aromatic carbocycles. The smallest absolute Gasteiger partial charge is 0.148 e. The van der Waals surface area contributed by atoms with E-state index in [1.165, 1.54) is 4.88 Å². The normalized spacial score (nSPS) is 14.1. The van der Waals surface area contributed by atoms with Crippen LogP contribution in [0.5, 0.6) is 5.75 Å². The van der Waals surface area contributed by atoms with Crippen molar-refractivity contribution in [3.63, 3.8) is 0 Å². The number of nitrogens with two attached hydrogens (primary N) is 1. The van der Waals surface area contributed by atoms with E-state index in [0.717, 1.165) is 11.3 Å². The molecule has 0 aliphatic carbocycles. The van der Waals surface area contributed by atoms with Crippen molar-refractivity contribution in [3.8, 4) is 5.75 Å². The molecule has 2 N–H and O–H groups in total. The Labute approximate surface area is 133 Å². The van der Waals surface area contributed by atoms with Gasteiger partial charge in [-0.1, -0.05) is 30.1 Å². The minimum atomic E-state index is -0.213. The first-order valence-electron chi connectivity index (χ1n) is 6.45. The van der Waals surface area contributed by atoms with Crippen LogP contribution in [-0.2, 0) is 0 Å². The molecule has 0 spiro atoms. The number of ether oxygens (including phenoxy) is 1. The molecule has 0 aliphatic rings. The van der Waals surface area contributed by atoms with Gasteiger partial charge in [-0.05, 0) is 37.6 Å². The van der Waals surface area contributed by atoms with Crippen LogP contribution in [-0.4, -0.2) is 6.04 Å². The first-order chi connectivity index (χ1) is 9.51. The van der Waals surface area contributed by atoms with Crippen LogP contribution in [0.25, 0.3) is 0 Å². The quantitative estimate of drug-likeness (QED) is 0.815. The van der Waals surface area contributed by atoms with Gasteiger partial charge < -0.3 is 10.5 Å². The molecule has 0 amide bonds. The lowest BCUT2D eigenvalue weighted by Crippen LogP contribution is -2.31. The van der Waals surface area contributed by atoms with E-state index < -0.39 is 0 Å². The van der Waals surface area contributed by atoms with E-state index in [9.17, 15) is 0 Å². The highest BCUT2D eigenvalue weighted by molar-refractivity contribution is 7.12. The number of aryl methyl sites for hydroxylation is 1. The molecule has 2 unspecified atom stereocenters. The molecule has 2 aromatic rings. The summed E-state index contributed by atoms with van der Waals surface area (Å²) in [4.78, 5) is 2.34. The SMILES string of the molecule is CCC(N)C(Oc1cc(Cl)ccc1Cl)c1ccc(C)s1. The Morgan fingerprint density at radius 2 is 2.00 bits per heavy atom. The minimum Gasteiger partial charge on any atom is -0.482 e. The molecule has 2 rings (SSSR count). The molecule has 5 heteroatoms. The van der Waals surface area contributed by atoms with Gasteiger partial charge in [0.05, 0.1) is 5.02 Å². The monoisotopic (exact) mass is 329 g/mol. The molecule has 0 bridgehead atoms. The first kappa shape index (κ1) is 15.6. The zero-order valence-corrected chi connectivity index (χ0v) is 13.7. The summed E-state index contributed by atoms with van der Waals surface area (Å²) in [6.07, 6.45) is 0.606. The molecule has 0 fully saturated rings. The van der Waals surface area contributed by atoms with Crippen LogP contribution < -0.4 is 10.5 Å². The number of rotatable bonds is 5. The number of benzene rings is 1. The number of halogens is 2. The first-order valence-corrected chi connectivity index (χ1v) is 8.02. The van der Waals surface area contributed by atoms with E-state index in [2.05, 4.69) is 19.1 Å². The van der Waals surface area contributed by atoms with Crippen LogP contribution in [0.2, 0.25) is 10.0 Å². The molecular weight excluding hydrogens is 313 g/mol. The van der Waals surface area contributed by atoms with Crippen molar-refractivity contribution in [2.24, 2.45) is 5.73 Å². The van der Waals surface area contributed by atoms with Crippen molar-refractivity contribution in [2.75, 3.05) is 0 Å². The molecule has 2 atom stereocenters. The Kier molecular flexibility index (Phi) is 5.33. The Hall–Kier alpha value is -0.740. The zero-order chi connectivity index (χ0) is 14.7. The van der Waals surface area contributed by atoms with Crippen LogP contribution in [0.1, 0.15) is 29.2 Å². The van der Waals surface area contributed by atoms with Crippen LogP contribution >= 0.6 is 34.5 Å². The van der Waals surface area contributed by atoms with Crippen LogP contribution in [0.4, 0.5) is 0 Å². The van der Waals surface area contributed by atoms with Crippen LogP contribution in [0, 0.1) is 6.92 Å². The van der Waals surface area contributed by atoms with Crippen molar-refractivity contribution >= 4 is 34.5 Å². The third-order valence-electron chi connectivity index (χ3n) is 3.05. The average molecular weight is 330 g/mol. The maximum absolute atomic E-state index is 6.20. The molecule has 0 saturated carbocycles. The Morgan fingerprint density at radius 3 is 2.60 bits per heavy atom. The molecule has 0 saturated heterocycles. The van der Waals surface area contributed by atoms with Gasteiger partial charge in [0, 0.05) is 26.9 Å². The lowest BCUT2D eigenvalue weighted by Gasteiger charge is -2.24. The molecule has 20 heavy (non-hydrogen) atoms. The second-order valence-electron chi connectivity index (χ2n) is 4.63. The number of hydrogen-bond acceptors (Lipinski definition) is 3. The van der Waals surface area contributed by atoms with E-state index in [4.69, 9.17) is 33.7 Å². The summed E-state index contributed by atoms with van der Waals surface area (Å²) in [6, 6.07) is 9.22. The topological polar surface area (TPSA) is 35.2 Å². The third-order valence-corrected chi connectivity index (χ3v) is 4.66. The number of thiophene rings is 1. The van der Waals surface area contributed by atoms with E-state index in [-0.39, 0.29) is 12.1 Å². The van der Waals surface area contributed by atoms with Crippen molar-refractivity contribution in [1.82, 2.24) is 0 Å². The van der Waals surface area contributed by atoms with Crippen molar-refractivity contribution in [1.29, 1.82) is 0 Å². The average Bonchev–Trinajstić information content (AvgIpc) is 2.85. The Morgan fingerprint density at radius 1 is 1.25 bits per heavy atom. The minimum absolute atomic E-state index is 0.0944. The largest absolute Gasteiger partial charge is 0.482 e. The molecule has 0 aliphatic heterocycles. The van der Waals surface area contributed by atoms with E-state index >= 15 is 0 Å². The zero-order valence-electron chi connectivity index (χ0n) is 11.4. The maximum Gasteiger partial charge on any atom is 0.148 e. The summed E-state index contributed by atoms with van der Waals surface area (Å²) in [5.41, 5.74) is 6.20. The van der Waals surface area contributed by atoms with Gasteiger partial charge in [-0.3, -0.25) is 0 Å². The van der Waals surface area contributed by atoms with Crippen molar-refractivity contribution < 1.29 is 4.74 Å². The highest BCUT2D eigenvalue weighted by Crippen LogP contribution is 2.35. The molecule has 2 nitrogen and oxygen atoms in total. The summed E-state index contributed by atoms with van der Waals surface area (Å²) in [5, 5.41) is 1.13. The third kappa shape index (κ3) is 3.67. The van der Waals surface area contributed by atoms with Crippen LogP contribution in [0.3, 0.4) is 0 Å². The Bertz CT molecular complexity index is 585. The fourth-order valence-electron chi connectivity index (χ4n) is 1.88. The van der Waals surface area contributed by atoms with Gasteiger partial charge in [0.15, 0.2) is 0 Å². The maximum atomic E-state index is 6.20. The molecular formula is C15H17Cl2NOS. The van der Waals surface area contributed by atoms with Gasteiger partial charge in [0.25, 0.3) is 0 Å². The lowest BCUT2D eigenvalue weighted by atomic mass is 10.1. The van der Waals surface area contributed by atoms with Gasteiger partial charge in [0.1, 0.15) is 11.9 Å². The van der Waals surface area contributed by atoms with E-state index in [0.29, 0.717) is 15.8 Å². The summed E-state index contributed by atoms with van der Waals surface area (Å²) in [6.45, 7) is 4.11.